The van der Waals surface area contributed by atoms with Gasteiger partial charge in [0.2, 0.25) is 6.54 Å². The van der Waals surface area contributed by atoms with Crippen molar-refractivity contribution >= 4 is 11.9 Å². The zero-order valence-corrected chi connectivity index (χ0v) is 7.63. The Morgan fingerprint density at radius 1 is 1.57 bits per heavy atom. The molecule has 0 aromatic rings. The van der Waals surface area contributed by atoms with Gasteiger partial charge in [0.15, 0.2) is 5.92 Å². The van der Waals surface area contributed by atoms with Gasteiger partial charge in [-0.25, -0.2) is 0 Å². The zero-order chi connectivity index (χ0) is 11.1. The van der Waals surface area contributed by atoms with Crippen LogP contribution in [0.3, 0.4) is 0 Å². The fraction of sp³-hybridized carbons (Fsp3) is 0.714. The van der Waals surface area contributed by atoms with Crippen LogP contribution in [-0.4, -0.2) is 35.1 Å². The highest BCUT2D eigenvalue weighted by atomic mass is 16.6. The number of hydrogen-bond acceptors (Lipinski definition) is 5. The lowest BCUT2D eigenvalue weighted by Crippen LogP contribution is -2.28. The molecule has 0 saturated carbocycles. The lowest BCUT2D eigenvalue weighted by atomic mass is 10.1. The smallest absolute Gasteiger partial charge is 0.320 e. The van der Waals surface area contributed by atoms with Crippen molar-refractivity contribution in [2.45, 2.75) is 13.3 Å². The average molecular weight is 205 g/mol. The molecular weight excluding hydrogens is 194 g/mol. The lowest BCUT2D eigenvalue weighted by Gasteiger charge is -2.08. The van der Waals surface area contributed by atoms with Crippen molar-refractivity contribution < 1.29 is 24.4 Å². The second-order valence-corrected chi connectivity index (χ2v) is 2.49. The molecule has 0 radical (unpaired) electrons. The van der Waals surface area contributed by atoms with Crippen molar-refractivity contribution in [2.75, 3.05) is 13.2 Å². The SMILES string of the molecule is CCOC(=O)C(CC[N+](=O)[O-])C(=O)O. The van der Waals surface area contributed by atoms with E-state index >= 15 is 0 Å². The average Bonchev–Trinajstić information content (AvgIpc) is 2.03. The summed E-state index contributed by atoms with van der Waals surface area (Å²) < 4.78 is 4.46. The predicted octanol–water partition coefficient (Wildman–Crippen LogP) is -0.0829. The van der Waals surface area contributed by atoms with E-state index in [0.717, 1.165) is 0 Å². The van der Waals surface area contributed by atoms with Crippen LogP contribution in [0.1, 0.15) is 13.3 Å². The normalized spacial score (nSPS) is 11.8. The van der Waals surface area contributed by atoms with Gasteiger partial charge in [-0.3, -0.25) is 19.7 Å². The molecule has 14 heavy (non-hydrogen) atoms. The summed E-state index contributed by atoms with van der Waals surface area (Å²) in [6, 6.07) is 0. The van der Waals surface area contributed by atoms with Gasteiger partial charge in [0.05, 0.1) is 6.61 Å². The molecule has 0 aliphatic carbocycles. The van der Waals surface area contributed by atoms with Gasteiger partial charge in [-0.2, -0.15) is 0 Å². The maximum atomic E-state index is 11.0. The van der Waals surface area contributed by atoms with E-state index in [0.29, 0.717) is 0 Å². The Labute approximate surface area is 79.8 Å². The fourth-order valence-corrected chi connectivity index (χ4v) is 0.820. The minimum Gasteiger partial charge on any atom is -0.481 e. The lowest BCUT2D eigenvalue weighted by molar-refractivity contribution is -0.481. The number of rotatable bonds is 6. The van der Waals surface area contributed by atoms with E-state index in [9.17, 15) is 19.7 Å². The largest absolute Gasteiger partial charge is 0.481 e. The number of carbonyl (C=O) groups excluding carboxylic acids is 1. The highest BCUT2D eigenvalue weighted by molar-refractivity contribution is 5.93. The minimum absolute atomic E-state index is 0.0566. The summed E-state index contributed by atoms with van der Waals surface area (Å²) in [6.45, 7) is 1.03. The number of carboxylic acid groups (broad SMARTS) is 1. The molecule has 7 heteroatoms. The predicted molar refractivity (Wildman–Crippen MR) is 44.2 cm³/mol. The molecule has 0 aliphatic rings. The summed E-state index contributed by atoms with van der Waals surface area (Å²) >= 11 is 0. The highest BCUT2D eigenvalue weighted by Gasteiger charge is 2.29. The molecule has 7 nitrogen and oxygen atoms in total. The fourth-order valence-electron chi connectivity index (χ4n) is 0.820. The molecular formula is C7H11NO6. The molecule has 1 unspecified atom stereocenters. The Bertz CT molecular complexity index is 238. The van der Waals surface area contributed by atoms with Crippen molar-refractivity contribution in [1.29, 1.82) is 0 Å². The summed E-state index contributed by atoms with van der Waals surface area (Å²) in [5, 5.41) is 18.5. The molecule has 0 bridgehead atoms. The standard InChI is InChI=1S/C7H11NO6/c1-2-14-7(11)5(6(9)10)3-4-8(12)13/h5H,2-4H2,1H3,(H,9,10). The van der Waals surface area contributed by atoms with Crippen LogP contribution in [0, 0.1) is 16.0 Å². The van der Waals surface area contributed by atoms with E-state index in [1.807, 2.05) is 0 Å². The first kappa shape index (κ1) is 12.3. The van der Waals surface area contributed by atoms with Gasteiger partial charge in [-0.15, -0.1) is 0 Å². The Hall–Kier alpha value is -1.66. The van der Waals surface area contributed by atoms with Crippen molar-refractivity contribution in [3.63, 3.8) is 0 Å². The molecule has 0 amide bonds. The van der Waals surface area contributed by atoms with E-state index < -0.39 is 29.3 Å². The van der Waals surface area contributed by atoms with E-state index in [4.69, 9.17) is 5.11 Å². The molecule has 0 aromatic carbocycles. The number of carbonyl (C=O) groups is 2. The number of hydrogen-bond donors (Lipinski definition) is 1. The van der Waals surface area contributed by atoms with Crippen molar-refractivity contribution in [3.05, 3.63) is 10.1 Å². The number of nitrogens with zero attached hydrogens (tertiary/aromatic N) is 1. The van der Waals surface area contributed by atoms with Gasteiger partial charge in [-0.1, -0.05) is 0 Å². The highest BCUT2D eigenvalue weighted by Crippen LogP contribution is 2.06. The van der Waals surface area contributed by atoms with E-state index in [-0.39, 0.29) is 13.0 Å². The number of nitro groups is 1. The minimum atomic E-state index is -1.44. The van der Waals surface area contributed by atoms with Crippen LogP contribution in [0.2, 0.25) is 0 Å². The monoisotopic (exact) mass is 205 g/mol. The summed E-state index contributed by atoms with van der Waals surface area (Å²) in [4.78, 5) is 30.8. The third-order valence-corrected chi connectivity index (χ3v) is 1.47. The molecule has 0 fully saturated rings. The van der Waals surface area contributed by atoms with Gasteiger partial charge in [0.1, 0.15) is 0 Å². The molecule has 1 N–H and O–H groups in total. The zero-order valence-electron chi connectivity index (χ0n) is 7.63. The van der Waals surface area contributed by atoms with E-state index in [1.165, 1.54) is 6.92 Å². The molecule has 0 rings (SSSR count). The van der Waals surface area contributed by atoms with Gasteiger partial charge >= 0.3 is 11.9 Å². The van der Waals surface area contributed by atoms with Gasteiger partial charge in [0, 0.05) is 11.3 Å². The first-order chi connectivity index (χ1) is 6.49. The third kappa shape index (κ3) is 4.39. The van der Waals surface area contributed by atoms with Crippen LogP contribution < -0.4 is 0 Å². The van der Waals surface area contributed by atoms with Crippen molar-refractivity contribution in [1.82, 2.24) is 0 Å². The molecule has 1 atom stereocenters. The number of aliphatic carboxylic acids is 1. The maximum Gasteiger partial charge on any atom is 0.320 e. The van der Waals surface area contributed by atoms with Crippen molar-refractivity contribution in [2.24, 2.45) is 5.92 Å². The Balaban J connectivity index is 4.22. The third-order valence-electron chi connectivity index (χ3n) is 1.47. The van der Waals surface area contributed by atoms with E-state index in [1.54, 1.807) is 0 Å². The first-order valence-electron chi connectivity index (χ1n) is 4.00. The molecule has 0 spiro atoms. The summed E-state index contributed by atoms with van der Waals surface area (Å²) in [5.41, 5.74) is 0. The molecule has 0 heterocycles. The van der Waals surface area contributed by atoms with Crippen molar-refractivity contribution in [3.8, 4) is 0 Å². The second kappa shape index (κ2) is 5.90. The molecule has 80 valence electrons. The summed E-state index contributed by atoms with van der Waals surface area (Å²) in [5.74, 6) is -3.77. The quantitative estimate of drug-likeness (QED) is 0.281. The molecule has 0 aliphatic heterocycles. The van der Waals surface area contributed by atoms with E-state index in [2.05, 4.69) is 4.74 Å². The van der Waals surface area contributed by atoms with Crippen LogP contribution in [0.15, 0.2) is 0 Å². The van der Waals surface area contributed by atoms with Crippen LogP contribution in [0.4, 0.5) is 0 Å². The Kier molecular flexibility index (Phi) is 5.20. The molecule has 0 aromatic heterocycles. The van der Waals surface area contributed by atoms with Crippen LogP contribution in [0.25, 0.3) is 0 Å². The van der Waals surface area contributed by atoms with Crippen LogP contribution >= 0.6 is 0 Å². The number of ether oxygens (including phenoxy) is 1. The Morgan fingerprint density at radius 3 is 2.50 bits per heavy atom. The van der Waals surface area contributed by atoms with Gasteiger partial charge in [0.25, 0.3) is 0 Å². The first-order valence-corrected chi connectivity index (χ1v) is 4.00. The summed E-state index contributed by atoms with van der Waals surface area (Å²) in [6.07, 6.45) is -0.346. The van der Waals surface area contributed by atoms with Crippen LogP contribution in [0.5, 0.6) is 0 Å². The van der Waals surface area contributed by atoms with Gasteiger partial charge < -0.3 is 9.84 Å². The maximum absolute atomic E-state index is 11.0. The Morgan fingerprint density at radius 2 is 2.14 bits per heavy atom. The summed E-state index contributed by atoms with van der Waals surface area (Å²) in [7, 11) is 0. The number of carboxylic acids is 1. The van der Waals surface area contributed by atoms with Crippen LogP contribution in [-0.2, 0) is 14.3 Å². The van der Waals surface area contributed by atoms with Gasteiger partial charge in [-0.05, 0) is 6.92 Å². The topological polar surface area (TPSA) is 107 Å². The number of esters is 1. The molecule has 0 saturated heterocycles. The second-order valence-electron chi connectivity index (χ2n) is 2.49.